The molecule has 1 aromatic heterocycles. The molecule has 0 aromatic carbocycles. The molecule has 0 N–H and O–H groups in total. The Labute approximate surface area is 74.8 Å². The van der Waals surface area contributed by atoms with Crippen LogP contribution in [0.1, 0.15) is 56.4 Å². The van der Waals surface area contributed by atoms with Gasteiger partial charge in [0, 0.05) is 0 Å². The summed E-state index contributed by atoms with van der Waals surface area (Å²) in [4.78, 5) is 0. The van der Waals surface area contributed by atoms with Gasteiger partial charge in [-0.1, -0.05) is 27.7 Å². The first kappa shape index (κ1) is 9.37. The fourth-order valence-corrected chi connectivity index (χ4v) is 1.67. The molecule has 68 valence electrons. The van der Waals surface area contributed by atoms with Crippen LogP contribution < -0.4 is 0 Å². The van der Waals surface area contributed by atoms with Gasteiger partial charge in [-0.3, -0.25) is 0 Å². The van der Waals surface area contributed by atoms with Gasteiger partial charge in [0.05, 0.1) is 6.26 Å². The molecule has 0 radical (unpaired) electrons. The highest BCUT2D eigenvalue weighted by atomic mass is 16.3. The third-order valence-corrected chi connectivity index (χ3v) is 2.25. The van der Waals surface area contributed by atoms with Gasteiger partial charge in [0.15, 0.2) is 0 Å². The van der Waals surface area contributed by atoms with E-state index in [1.165, 1.54) is 11.1 Å². The first-order valence-corrected chi connectivity index (χ1v) is 4.62. The lowest BCUT2D eigenvalue weighted by atomic mass is 9.93. The second-order valence-electron chi connectivity index (χ2n) is 3.97. The molecule has 0 saturated carbocycles. The van der Waals surface area contributed by atoms with Crippen LogP contribution in [-0.4, -0.2) is 0 Å². The Morgan fingerprint density at radius 3 is 2.00 bits per heavy atom. The van der Waals surface area contributed by atoms with Crippen molar-refractivity contribution < 1.29 is 4.42 Å². The maximum atomic E-state index is 5.42. The predicted molar refractivity (Wildman–Crippen MR) is 51.6 cm³/mol. The average Bonchev–Trinajstić information content (AvgIpc) is 2.30. The van der Waals surface area contributed by atoms with Crippen molar-refractivity contribution in [3.05, 3.63) is 23.2 Å². The van der Waals surface area contributed by atoms with Gasteiger partial charge in [0.25, 0.3) is 0 Å². The van der Waals surface area contributed by atoms with E-state index in [1.54, 1.807) is 0 Å². The zero-order chi connectivity index (χ0) is 9.30. The van der Waals surface area contributed by atoms with Gasteiger partial charge in [-0.25, -0.2) is 0 Å². The molecule has 0 saturated heterocycles. The van der Waals surface area contributed by atoms with Crippen LogP contribution in [0.5, 0.6) is 0 Å². The van der Waals surface area contributed by atoms with Crippen molar-refractivity contribution in [2.45, 2.75) is 46.5 Å². The minimum Gasteiger partial charge on any atom is -0.469 e. The predicted octanol–water partition coefficient (Wildman–Crippen LogP) is 3.83. The first-order chi connectivity index (χ1) is 5.54. The second kappa shape index (κ2) is 3.34. The van der Waals surface area contributed by atoms with Crippen molar-refractivity contribution in [1.82, 2.24) is 0 Å². The Morgan fingerprint density at radius 2 is 1.67 bits per heavy atom. The minimum absolute atomic E-state index is 0.569. The van der Waals surface area contributed by atoms with Gasteiger partial charge >= 0.3 is 0 Å². The highest BCUT2D eigenvalue weighted by molar-refractivity contribution is 5.32. The number of hydrogen-bond acceptors (Lipinski definition) is 1. The lowest BCUT2D eigenvalue weighted by Crippen LogP contribution is -1.95. The van der Waals surface area contributed by atoms with Gasteiger partial charge in [-0.2, -0.15) is 0 Å². The maximum Gasteiger partial charge on any atom is 0.104 e. The van der Waals surface area contributed by atoms with Gasteiger partial charge in [0.2, 0.25) is 0 Å². The lowest BCUT2D eigenvalue weighted by molar-refractivity contribution is 0.525. The molecule has 0 spiro atoms. The summed E-state index contributed by atoms with van der Waals surface area (Å²) in [7, 11) is 0. The third kappa shape index (κ3) is 1.55. The molecule has 0 amide bonds. The van der Waals surface area contributed by atoms with Crippen molar-refractivity contribution in [1.29, 1.82) is 0 Å². The van der Waals surface area contributed by atoms with E-state index in [1.807, 2.05) is 13.2 Å². The molecular formula is C11H18O. The van der Waals surface area contributed by atoms with Crippen LogP contribution >= 0.6 is 0 Å². The van der Waals surface area contributed by atoms with Gasteiger partial charge in [0.1, 0.15) is 5.76 Å². The molecular weight excluding hydrogens is 148 g/mol. The topological polar surface area (TPSA) is 13.1 Å². The van der Waals surface area contributed by atoms with Crippen molar-refractivity contribution in [3.8, 4) is 0 Å². The molecule has 1 rings (SSSR count). The fraction of sp³-hybridized carbons (Fsp3) is 0.636. The summed E-state index contributed by atoms with van der Waals surface area (Å²) in [5, 5.41) is 0. The number of hydrogen-bond donors (Lipinski definition) is 0. The van der Waals surface area contributed by atoms with Crippen LogP contribution in [0.15, 0.2) is 10.7 Å². The Hall–Kier alpha value is -0.720. The first-order valence-electron chi connectivity index (χ1n) is 4.62. The molecule has 0 aliphatic heterocycles. The summed E-state index contributed by atoms with van der Waals surface area (Å²) >= 11 is 0. The summed E-state index contributed by atoms with van der Waals surface area (Å²) in [5.41, 5.74) is 2.76. The van der Waals surface area contributed by atoms with Crippen molar-refractivity contribution in [2.75, 3.05) is 0 Å². The van der Waals surface area contributed by atoms with E-state index < -0.39 is 0 Å². The molecule has 0 aliphatic rings. The van der Waals surface area contributed by atoms with Crippen molar-refractivity contribution in [3.63, 3.8) is 0 Å². The van der Waals surface area contributed by atoms with Gasteiger partial charge in [-0.05, 0) is 29.9 Å². The molecule has 0 bridgehead atoms. The quantitative estimate of drug-likeness (QED) is 0.650. The lowest BCUT2D eigenvalue weighted by Gasteiger charge is -2.09. The Bertz CT molecular complexity index is 256. The second-order valence-corrected chi connectivity index (χ2v) is 3.97. The van der Waals surface area contributed by atoms with E-state index in [0.29, 0.717) is 11.8 Å². The standard InChI is InChI=1S/C11H18O/c1-7(2)10-6-12-9(5)11(10)8(3)4/h6-8H,1-5H3. The maximum absolute atomic E-state index is 5.42. The van der Waals surface area contributed by atoms with E-state index in [-0.39, 0.29) is 0 Å². The van der Waals surface area contributed by atoms with Crippen LogP contribution in [0, 0.1) is 6.92 Å². The molecule has 0 aliphatic carbocycles. The summed E-state index contributed by atoms with van der Waals surface area (Å²) in [6, 6.07) is 0. The molecule has 1 heterocycles. The molecule has 1 heteroatoms. The van der Waals surface area contributed by atoms with Crippen molar-refractivity contribution >= 4 is 0 Å². The van der Waals surface area contributed by atoms with Crippen LogP contribution in [-0.2, 0) is 0 Å². The molecule has 1 nitrogen and oxygen atoms in total. The fourth-order valence-electron chi connectivity index (χ4n) is 1.67. The third-order valence-electron chi connectivity index (χ3n) is 2.25. The molecule has 12 heavy (non-hydrogen) atoms. The molecule has 1 aromatic rings. The molecule has 0 fully saturated rings. The number of rotatable bonds is 2. The zero-order valence-electron chi connectivity index (χ0n) is 8.64. The Kier molecular flexibility index (Phi) is 2.61. The van der Waals surface area contributed by atoms with Gasteiger partial charge in [-0.15, -0.1) is 0 Å². The van der Waals surface area contributed by atoms with Crippen LogP contribution in [0.4, 0.5) is 0 Å². The monoisotopic (exact) mass is 166 g/mol. The van der Waals surface area contributed by atoms with E-state index >= 15 is 0 Å². The normalized spacial score (nSPS) is 11.6. The SMILES string of the molecule is Cc1occ(C(C)C)c1C(C)C. The van der Waals surface area contributed by atoms with Crippen molar-refractivity contribution in [2.24, 2.45) is 0 Å². The minimum atomic E-state index is 0.569. The highest BCUT2D eigenvalue weighted by Gasteiger charge is 2.15. The summed E-state index contributed by atoms with van der Waals surface area (Å²) < 4.78 is 5.42. The van der Waals surface area contributed by atoms with E-state index in [9.17, 15) is 0 Å². The molecule has 0 atom stereocenters. The van der Waals surface area contributed by atoms with Crippen LogP contribution in [0.25, 0.3) is 0 Å². The van der Waals surface area contributed by atoms with E-state index in [2.05, 4.69) is 27.7 Å². The smallest absolute Gasteiger partial charge is 0.104 e. The van der Waals surface area contributed by atoms with E-state index in [0.717, 1.165) is 5.76 Å². The highest BCUT2D eigenvalue weighted by Crippen LogP contribution is 2.30. The summed E-state index contributed by atoms with van der Waals surface area (Å²) in [6.45, 7) is 10.9. The van der Waals surface area contributed by atoms with Gasteiger partial charge < -0.3 is 4.42 Å². The summed E-state index contributed by atoms with van der Waals surface area (Å²) in [6.07, 6.45) is 1.90. The average molecular weight is 166 g/mol. The number of furan rings is 1. The van der Waals surface area contributed by atoms with Crippen LogP contribution in [0.3, 0.4) is 0 Å². The van der Waals surface area contributed by atoms with Crippen LogP contribution in [0.2, 0.25) is 0 Å². The Balaban J connectivity index is 3.12. The largest absolute Gasteiger partial charge is 0.469 e. The number of aryl methyl sites for hydroxylation is 1. The molecule has 0 unspecified atom stereocenters. The summed E-state index contributed by atoms with van der Waals surface area (Å²) in [5.74, 6) is 2.22. The van der Waals surface area contributed by atoms with E-state index in [4.69, 9.17) is 4.42 Å². The Morgan fingerprint density at radius 1 is 1.08 bits per heavy atom. The zero-order valence-corrected chi connectivity index (χ0v) is 8.64.